The van der Waals surface area contributed by atoms with E-state index in [0.717, 1.165) is 67.2 Å². The smallest absolute Gasteiger partial charge is 0.253 e. The summed E-state index contributed by atoms with van der Waals surface area (Å²) in [4.78, 5) is 20.4. The first-order chi connectivity index (χ1) is 20.3. The topological polar surface area (TPSA) is 47.0 Å². The van der Waals surface area contributed by atoms with Gasteiger partial charge < -0.3 is 14.9 Å². The lowest BCUT2D eigenvalue weighted by Gasteiger charge is -2.57. The molecule has 3 aromatic rings. The Morgan fingerprint density at radius 2 is 1.48 bits per heavy atom. The summed E-state index contributed by atoms with van der Waals surface area (Å²) in [6.07, 6.45) is 8.35. The van der Waals surface area contributed by atoms with Crippen LogP contribution >= 0.6 is 0 Å². The van der Waals surface area contributed by atoms with E-state index in [9.17, 15) is 9.90 Å². The number of amides is 1. The van der Waals surface area contributed by atoms with Crippen molar-refractivity contribution in [3.63, 3.8) is 0 Å². The van der Waals surface area contributed by atoms with Gasteiger partial charge in [0.15, 0.2) is 0 Å². The number of hydrogen-bond acceptors (Lipinski definition) is 4. The zero-order chi connectivity index (χ0) is 28.8. The second-order valence-electron chi connectivity index (χ2n) is 14.0. The third-order valence-corrected chi connectivity index (χ3v) is 11.0. The Hall–Kier alpha value is -3.31. The zero-order valence-corrected chi connectivity index (χ0v) is 25.2. The summed E-state index contributed by atoms with van der Waals surface area (Å²) in [5.41, 5.74) is 5.86. The second-order valence-corrected chi connectivity index (χ2v) is 14.0. The third kappa shape index (κ3) is 5.44. The maximum absolute atomic E-state index is 13.4. The van der Waals surface area contributed by atoms with Crippen LogP contribution in [0.4, 0.5) is 5.69 Å². The Morgan fingerprint density at radius 1 is 0.857 bits per heavy atom. The van der Waals surface area contributed by atoms with Crippen LogP contribution in [0.3, 0.4) is 0 Å². The number of aromatic hydroxyl groups is 1. The van der Waals surface area contributed by atoms with Crippen LogP contribution in [0.25, 0.3) is 11.1 Å². The monoisotopic (exact) mass is 563 g/mol. The average molecular weight is 564 g/mol. The first-order valence-corrected chi connectivity index (χ1v) is 16.1. The average Bonchev–Trinajstić information content (AvgIpc) is 3.00. The molecule has 0 radical (unpaired) electrons. The number of anilines is 1. The van der Waals surface area contributed by atoms with E-state index in [1.54, 1.807) is 6.07 Å². The van der Waals surface area contributed by atoms with Gasteiger partial charge in [-0.3, -0.25) is 9.69 Å². The van der Waals surface area contributed by atoms with E-state index in [4.69, 9.17) is 0 Å². The largest absolute Gasteiger partial charge is 0.508 e. The molecule has 0 aromatic heterocycles. The molecule has 1 amide bonds. The van der Waals surface area contributed by atoms with Crippen molar-refractivity contribution in [1.82, 2.24) is 9.80 Å². The summed E-state index contributed by atoms with van der Waals surface area (Å²) < 4.78 is 0. The van der Waals surface area contributed by atoms with Gasteiger partial charge in [-0.25, -0.2) is 0 Å². The number of phenolic OH excluding ortho intramolecular Hbond substituents is 1. The fraction of sp³-hybridized carbons (Fsp3) is 0.486. The van der Waals surface area contributed by atoms with E-state index in [-0.39, 0.29) is 5.91 Å². The van der Waals surface area contributed by atoms with Gasteiger partial charge in [-0.2, -0.15) is 0 Å². The molecule has 4 aliphatic carbocycles. The minimum absolute atomic E-state index is 0.172. The number of rotatable bonds is 7. The minimum Gasteiger partial charge on any atom is -0.508 e. The van der Waals surface area contributed by atoms with Crippen LogP contribution in [0, 0.1) is 23.2 Å². The number of nitrogens with zero attached hydrogens (tertiary/aromatic N) is 3. The summed E-state index contributed by atoms with van der Waals surface area (Å²) in [5.74, 6) is 3.21. The molecule has 1 heterocycles. The predicted molar refractivity (Wildman–Crippen MR) is 170 cm³/mol. The van der Waals surface area contributed by atoms with E-state index < -0.39 is 0 Å². The Kier molecular flexibility index (Phi) is 7.26. The molecule has 1 atom stereocenters. The van der Waals surface area contributed by atoms with E-state index >= 15 is 0 Å². The van der Waals surface area contributed by atoms with Gasteiger partial charge in [0.05, 0.1) is 0 Å². The highest BCUT2D eigenvalue weighted by molar-refractivity contribution is 5.94. The molecule has 4 bridgehead atoms. The molecular weight excluding hydrogens is 518 g/mol. The number of hydrogen-bond donors (Lipinski definition) is 1. The third-order valence-electron chi connectivity index (χ3n) is 11.0. The Labute approximate surface area is 251 Å². The van der Waals surface area contributed by atoms with Crippen LogP contribution in [-0.4, -0.2) is 60.6 Å². The first-order valence-electron chi connectivity index (χ1n) is 16.1. The SMILES string of the molecule is CC(c1ccc(-c2cccc(O)c2)cc1)N1CCN(c2ccc(C(=O)N(C)CC34CC5CC(CC(C5)C3)C4)cc2)CC1. The lowest BCUT2D eigenvalue weighted by Crippen LogP contribution is -2.51. The predicted octanol–water partition coefficient (Wildman–Crippen LogP) is 7.23. The van der Waals surface area contributed by atoms with Gasteiger partial charge in [0.1, 0.15) is 5.75 Å². The van der Waals surface area contributed by atoms with Gasteiger partial charge in [-0.05, 0) is 122 Å². The summed E-state index contributed by atoms with van der Waals surface area (Å²) in [5, 5.41) is 9.81. The van der Waals surface area contributed by atoms with E-state index in [0.29, 0.717) is 17.2 Å². The maximum Gasteiger partial charge on any atom is 0.253 e. The molecule has 5 aliphatic rings. The van der Waals surface area contributed by atoms with Crippen LogP contribution < -0.4 is 4.90 Å². The summed E-state index contributed by atoms with van der Waals surface area (Å²) in [6, 6.07) is 24.9. The molecular formula is C37H45N3O2. The van der Waals surface area contributed by atoms with Crippen LogP contribution in [0.2, 0.25) is 0 Å². The highest BCUT2D eigenvalue weighted by atomic mass is 16.3. The molecule has 3 aromatic carbocycles. The molecule has 5 fully saturated rings. The fourth-order valence-corrected chi connectivity index (χ4v) is 9.31. The number of carbonyl (C=O) groups excluding carboxylic acids is 1. The fourth-order valence-electron chi connectivity index (χ4n) is 9.31. The molecule has 1 aliphatic heterocycles. The molecule has 1 unspecified atom stereocenters. The molecule has 1 saturated heterocycles. The summed E-state index contributed by atoms with van der Waals surface area (Å²) in [7, 11) is 2.02. The molecule has 8 rings (SSSR count). The summed E-state index contributed by atoms with van der Waals surface area (Å²) >= 11 is 0. The Bertz CT molecular complexity index is 1370. The maximum atomic E-state index is 13.4. The number of benzene rings is 3. The highest BCUT2D eigenvalue weighted by Crippen LogP contribution is 2.60. The molecule has 5 heteroatoms. The van der Waals surface area contributed by atoms with Gasteiger partial charge in [-0.15, -0.1) is 0 Å². The lowest BCUT2D eigenvalue weighted by atomic mass is 9.49. The minimum atomic E-state index is 0.172. The highest BCUT2D eigenvalue weighted by Gasteiger charge is 2.51. The van der Waals surface area contributed by atoms with Gasteiger partial charge in [-0.1, -0.05) is 36.4 Å². The van der Waals surface area contributed by atoms with Crippen LogP contribution in [0.15, 0.2) is 72.8 Å². The van der Waals surface area contributed by atoms with E-state index in [2.05, 4.69) is 53.1 Å². The van der Waals surface area contributed by atoms with Crippen molar-refractivity contribution < 1.29 is 9.90 Å². The van der Waals surface area contributed by atoms with Crippen molar-refractivity contribution in [2.45, 2.75) is 51.5 Å². The number of piperazine rings is 1. The van der Waals surface area contributed by atoms with Gasteiger partial charge in [0, 0.05) is 57.1 Å². The second kappa shape index (κ2) is 11.1. The van der Waals surface area contributed by atoms with Crippen LogP contribution in [0.5, 0.6) is 5.75 Å². The molecule has 42 heavy (non-hydrogen) atoms. The normalized spacial score (nSPS) is 27.7. The van der Waals surface area contributed by atoms with Crippen molar-refractivity contribution in [2.75, 3.05) is 44.7 Å². The van der Waals surface area contributed by atoms with Crippen molar-refractivity contribution in [3.05, 3.63) is 83.9 Å². The molecule has 220 valence electrons. The molecule has 4 saturated carbocycles. The standard InChI is InChI=1S/C37H45N3O2/c1-26(30-6-8-31(9-7-30)33-4-3-5-35(41)21-33)39-14-16-40(17-15-39)34-12-10-32(11-13-34)36(42)38(2)25-37-22-27-18-28(23-37)20-29(19-27)24-37/h3-13,21,26-29,41H,14-20,22-25H2,1-2H3. The van der Waals surface area contributed by atoms with Crippen molar-refractivity contribution in [2.24, 2.45) is 23.2 Å². The molecule has 1 N–H and O–H groups in total. The van der Waals surface area contributed by atoms with Crippen molar-refractivity contribution >= 4 is 11.6 Å². The lowest BCUT2D eigenvalue weighted by molar-refractivity contribution is -0.0629. The molecule has 5 nitrogen and oxygen atoms in total. The summed E-state index contributed by atoms with van der Waals surface area (Å²) in [6.45, 7) is 7.18. The van der Waals surface area contributed by atoms with Crippen molar-refractivity contribution in [1.29, 1.82) is 0 Å². The van der Waals surface area contributed by atoms with Crippen molar-refractivity contribution in [3.8, 4) is 16.9 Å². The van der Waals surface area contributed by atoms with Gasteiger partial charge in [0.2, 0.25) is 0 Å². The Morgan fingerprint density at radius 3 is 2.07 bits per heavy atom. The first kappa shape index (κ1) is 27.5. The molecule has 0 spiro atoms. The van der Waals surface area contributed by atoms with Gasteiger partial charge >= 0.3 is 0 Å². The quantitative estimate of drug-likeness (QED) is 0.329. The van der Waals surface area contributed by atoms with E-state index in [1.807, 2.05) is 42.3 Å². The zero-order valence-electron chi connectivity index (χ0n) is 25.2. The Balaban J connectivity index is 0.928. The number of carbonyl (C=O) groups is 1. The van der Waals surface area contributed by atoms with Gasteiger partial charge in [0.25, 0.3) is 5.91 Å². The van der Waals surface area contributed by atoms with Crippen LogP contribution in [0.1, 0.15) is 67.4 Å². The van der Waals surface area contributed by atoms with Crippen LogP contribution in [-0.2, 0) is 0 Å². The number of phenols is 1. The van der Waals surface area contributed by atoms with E-state index in [1.165, 1.54) is 49.8 Å².